The van der Waals surface area contributed by atoms with Crippen molar-refractivity contribution in [3.63, 3.8) is 0 Å². The molecule has 0 aliphatic heterocycles. The predicted octanol–water partition coefficient (Wildman–Crippen LogP) is 3.86. The zero-order chi connectivity index (χ0) is 16.4. The van der Waals surface area contributed by atoms with Crippen LogP contribution in [0.5, 0.6) is 0 Å². The monoisotopic (exact) mass is 320 g/mol. The van der Waals surface area contributed by atoms with E-state index in [9.17, 15) is 5.26 Å². The summed E-state index contributed by atoms with van der Waals surface area (Å²) in [5.41, 5.74) is 2.68. The zero-order valence-electron chi connectivity index (χ0n) is 13.5. The molecule has 1 aliphatic rings. The summed E-state index contributed by atoms with van der Waals surface area (Å²) in [4.78, 5) is 11.8. The fourth-order valence-electron chi connectivity index (χ4n) is 3.83. The maximum atomic E-state index is 9.25. The summed E-state index contributed by atoms with van der Waals surface area (Å²) in [5.74, 6) is 0.545. The molecule has 1 aliphatic carbocycles. The quantitative estimate of drug-likeness (QED) is 0.791. The minimum absolute atomic E-state index is 0.160. The summed E-state index contributed by atoms with van der Waals surface area (Å²) < 4.78 is 1.98. The van der Waals surface area contributed by atoms with Crippen LogP contribution in [-0.2, 0) is 0 Å². The number of aromatic amines is 1. The maximum absolute atomic E-state index is 9.25. The van der Waals surface area contributed by atoms with Crippen molar-refractivity contribution < 1.29 is 0 Å². The summed E-state index contributed by atoms with van der Waals surface area (Å²) in [5, 5.41) is 14.8. The van der Waals surface area contributed by atoms with Crippen molar-refractivity contribution >= 4 is 11.0 Å². The lowest BCUT2D eigenvalue weighted by atomic mass is 9.83. The van der Waals surface area contributed by atoms with Crippen molar-refractivity contribution in [1.29, 1.82) is 5.26 Å². The smallest absolute Gasteiger partial charge is 0.141 e. The Morgan fingerprint density at radius 2 is 2.17 bits per heavy atom. The number of hydrogen-bond acceptors (Lipinski definition) is 4. The molecule has 1 N–H and O–H groups in total. The molecule has 24 heavy (non-hydrogen) atoms. The summed E-state index contributed by atoms with van der Waals surface area (Å²) in [6.45, 7) is 0. The number of fused-ring (bicyclic) bond motifs is 1. The Labute approximate surface area is 140 Å². The normalized spacial score (nSPS) is 17.0. The number of hydrogen-bond donors (Lipinski definition) is 1. The van der Waals surface area contributed by atoms with Crippen molar-refractivity contribution in [1.82, 2.24) is 24.7 Å². The molecule has 0 radical (unpaired) electrons. The van der Waals surface area contributed by atoms with Gasteiger partial charge in [0.2, 0.25) is 0 Å². The Kier molecular flexibility index (Phi) is 3.99. The molecular formula is C18H20N6. The minimum Gasteiger partial charge on any atom is -0.346 e. The summed E-state index contributed by atoms with van der Waals surface area (Å²) in [6, 6.07) is 4.49. The molecule has 4 rings (SSSR count). The van der Waals surface area contributed by atoms with Gasteiger partial charge in [-0.15, -0.1) is 0 Å². The number of aromatic nitrogens is 5. The second-order valence-electron chi connectivity index (χ2n) is 6.50. The zero-order valence-corrected chi connectivity index (χ0v) is 13.5. The number of rotatable bonds is 4. The van der Waals surface area contributed by atoms with Gasteiger partial charge in [0.1, 0.15) is 12.0 Å². The third kappa shape index (κ3) is 2.67. The first kappa shape index (κ1) is 14.9. The lowest BCUT2D eigenvalue weighted by molar-refractivity contribution is 0.237. The molecule has 0 saturated heterocycles. The maximum Gasteiger partial charge on any atom is 0.141 e. The van der Waals surface area contributed by atoms with Crippen molar-refractivity contribution in [2.45, 2.75) is 44.6 Å². The number of H-pyrrole nitrogens is 1. The molecule has 0 aromatic carbocycles. The highest BCUT2D eigenvalue weighted by Crippen LogP contribution is 2.35. The summed E-state index contributed by atoms with van der Waals surface area (Å²) in [7, 11) is 0. The van der Waals surface area contributed by atoms with Crippen LogP contribution >= 0.6 is 0 Å². The van der Waals surface area contributed by atoms with E-state index in [0.717, 1.165) is 22.3 Å². The highest BCUT2D eigenvalue weighted by Gasteiger charge is 2.26. The first-order valence-corrected chi connectivity index (χ1v) is 8.56. The first-order valence-electron chi connectivity index (χ1n) is 8.56. The summed E-state index contributed by atoms with van der Waals surface area (Å²) >= 11 is 0. The van der Waals surface area contributed by atoms with Crippen molar-refractivity contribution in [2.24, 2.45) is 5.92 Å². The molecule has 3 heterocycles. The van der Waals surface area contributed by atoms with Gasteiger partial charge in [-0.3, -0.25) is 4.68 Å². The Hall–Kier alpha value is -2.68. The Morgan fingerprint density at radius 1 is 1.29 bits per heavy atom. The second-order valence-corrected chi connectivity index (χ2v) is 6.50. The lowest BCUT2D eigenvalue weighted by Crippen LogP contribution is -2.22. The van der Waals surface area contributed by atoms with Gasteiger partial charge in [0.15, 0.2) is 0 Å². The van der Waals surface area contributed by atoms with Crippen LogP contribution in [0, 0.1) is 17.2 Å². The van der Waals surface area contributed by atoms with Crippen molar-refractivity contribution in [3.8, 4) is 17.3 Å². The molecule has 1 unspecified atom stereocenters. The lowest BCUT2D eigenvalue weighted by Gasteiger charge is -2.29. The van der Waals surface area contributed by atoms with Gasteiger partial charge in [0.05, 0.1) is 30.4 Å². The van der Waals surface area contributed by atoms with E-state index >= 15 is 0 Å². The largest absolute Gasteiger partial charge is 0.346 e. The molecule has 1 atom stereocenters. The molecule has 1 fully saturated rings. The average molecular weight is 320 g/mol. The molecular weight excluding hydrogens is 300 g/mol. The van der Waals surface area contributed by atoms with E-state index in [0.29, 0.717) is 12.3 Å². The van der Waals surface area contributed by atoms with Crippen LogP contribution in [-0.4, -0.2) is 24.7 Å². The van der Waals surface area contributed by atoms with Crippen molar-refractivity contribution in [2.75, 3.05) is 0 Å². The molecule has 0 spiro atoms. The highest BCUT2D eigenvalue weighted by molar-refractivity contribution is 5.89. The molecule has 0 bridgehead atoms. The van der Waals surface area contributed by atoms with Crippen LogP contribution in [0.3, 0.4) is 0 Å². The van der Waals surface area contributed by atoms with Crippen molar-refractivity contribution in [3.05, 3.63) is 31.0 Å². The average Bonchev–Trinajstić information content (AvgIpc) is 3.29. The van der Waals surface area contributed by atoms with Crippen LogP contribution < -0.4 is 0 Å². The standard InChI is InChI=1S/C18H20N6/c19-8-6-16(13-4-2-1-3-5-13)24-11-14(10-23-24)17-15-7-9-20-18(15)22-12-21-17/h7,9-13,16H,1-6H2,(H,20,21,22). The first-order chi connectivity index (χ1) is 11.9. The Morgan fingerprint density at radius 3 is 3.00 bits per heavy atom. The predicted molar refractivity (Wildman–Crippen MR) is 91.0 cm³/mol. The van der Waals surface area contributed by atoms with E-state index in [1.165, 1.54) is 32.1 Å². The second kappa shape index (κ2) is 6.44. The molecule has 6 nitrogen and oxygen atoms in total. The van der Waals surface area contributed by atoms with Gasteiger partial charge in [-0.1, -0.05) is 19.3 Å². The van der Waals surface area contributed by atoms with Crippen LogP contribution in [0.25, 0.3) is 22.3 Å². The Balaban J connectivity index is 1.68. The van der Waals surface area contributed by atoms with Crippen LogP contribution in [0.2, 0.25) is 0 Å². The van der Waals surface area contributed by atoms with Gasteiger partial charge in [0.25, 0.3) is 0 Å². The third-order valence-electron chi connectivity index (χ3n) is 5.06. The van der Waals surface area contributed by atoms with E-state index < -0.39 is 0 Å². The van der Waals surface area contributed by atoms with E-state index in [4.69, 9.17) is 0 Å². The minimum atomic E-state index is 0.160. The molecule has 3 aromatic rings. The van der Waals surface area contributed by atoms with Gasteiger partial charge in [0, 0.05) is 23.3 Å². The van der Waals surface area contributed by atoms with Gasteiger partial charge in [-0.25, -0.2) is 9.97 Å². The molecule has 3 aromatic heterocycles. The van der Waals surface area contributed by atoms with Crippen LogP contribution in [0.4, 0.5) is 0 Å². The molecule has 0 amide bonds. The van der Waals surface area contributed by atoms with E-state index in [1.54, 1.807) is 6.33 Å². The fraction of sp³-hybridized carbons (Fsp3) is 0.444. The van der Waals surface area contributed by atoms with E-state index in [-0.39, 0.29) is 6.04 Å². The van der Waals surface area contributed by atoms with Gasteiger partial charge < -0.3 is 4.98 Å². The molecule has 6 heteroatoms. The Bertz CT molecular complexity index is 865. The number of nitrogens with one attached hydrogen (secondary N) is 1. The molecule has 122 valence electrons. The van der Waals surface area contributed by atoms with Gasteiger partial charge >= 0.3 is 0 Å². The third-order valence-corrected chi connectivity index (χ3v) is 5.06. The van der Waals surface area contributed by atoms with Gasteiger partial charge in [-0.05, 0) is 24.8 Å². The van der Waals surface area contributed by atoms with Gasteiger partial charge in [-0.2, -0.15) is 10.4 Å². The van der Waals surface area contributed by atoms with Crippen LogP contribution in [0.1, 0.15) is 44.6 Å². The number of nitrogens with zero attached hydrogens (tertiary/aromatic N) is 5. The topological polar surface area (TPSA) is 83.2 Å². The fourth-order valence-corrected chi connectivity index (χ4v) is 3.83. The number of nitriles is 1. The molecule has 1 saturated carbocycles. The van der Waals surface area contributed by atoms with E-state index in [2.05, 4.69) is 26.1 Å². The van der Waals surface area contributed by atoms with E-state index in [1.807, 2.05) is 29.3 Å². The SMILES string of the molecule is N#CCC(C1CCCCC1)n1cc(-c2ncnc3[nH]ccc23)cn1. The highest BCUT2D eigenvalue weighted by atomic mass is 15.3. The summed E-state index contributed by atoms with van der Waals surface area (Å²) in [6.07, 6.45) is 14.0. The van der Waals surface area contributed by atoms with Crippen LogP contribution in [0.15, 0.2) is 31.0 Å².